The Morgan fingerprint density at radius 1 is 0.655 bits per heavy atom. The monoisotopic (exact) mass is 514 g/mol. The molecule has 6 heteroatoms. The Morgan fingerprint density at radius 3 is 1.38 bits per heavy atom. The van der Waals surface area contributed by atoms with Crippen LogP contribution in [0.1, 0.15) is 23.6 Å². The minimum absolute atomic E-state index is 0.482. The van der Waals surface area contributed by atoms with E-state index < -0.39 is 5.41 Å². The van der Waals surface area contributed by atoms with Crippen LogP contribution in [0.15, 0.2) is 63.5 Å². The summed E-state index contributed by atoms with van der Waals surface area (Å²) in [6, 6.07) is 18.1. The molecule has 0 aliphatic heterocycles. The fourth-order valence-electron chi connectivity index (χ4n) is 3.50. The highest BCUT2D eigenvalue weighted by atomic mass is 79.9. The van der Waals surface area contributed by atoms with Crippen molar-refractivity contribution < 1.29 is 14.2 Å². The van der Waals surface area contributed by atoms with Crippen LogP contribution < -0.4 is 19.7 Å². The van der Waals surface area contributed by atoms with Gasteiger partial charge in [-0.2, -0.15) is 0 Å². The average molecular weight is 516 g/mol. The number of hydrogen-bond acceptors (Lipinski definition) is 3. The SMILES string of the molecule is [B]c1cc(C(C)(c2ccc(OC)c(Br)c2)c2ccc(OC)c(Br)c2)ccc1OC. The van der Waals surface area contributed by atoms with Crippen molar-refractivity contribution in [2.45, 2.75) is 12.3 Å². The number of rotatable bonds is 6. The van der Waals surface area contributed by atoms with Crippen LogP contribution in [0.5, 0.6) is 17.2 Å². The van der Waals surface area contributed by atoms with Crippen molar-refractivity contribution >= 4 is 45.2 Å². The van der Waals surface area contributed by atoms with Crippen molar-refractivity contribution in [1.29, 1.82) is 0 Å². The summed E-state index contributed by atoms with van der Waals surface area (Å²) in [6.07, 6.45) is 0. The van der Waals surface area contributed by atoms with Gasteiger partial charge in [0.25, 0.3) is 0 Å². The molecule has 0 heterocycles. The Hall–Kier alpha value is -1.92. The van der Waals surface area contributed by atoms with E-state index in [0.29, 0.717) is 11.2 Å². The molecule has 0 spiro atoms. The molecule has 3 rings (SSSR count). The highest BCUT2D eigenvalue weighted by molar-refractivity contribution is 9.10. The van der Waals surface area contributed by atoms with E-state index in [0.717, 1.165) is 37.1 Å². The summed E-state index contributed by atoms with van der Waals surface area (Å²) < 4.78 is 18.0. The predicted molar refractivity (Wildman–Crippen MR) is 125 cm³/mol. The molecule has 0 aliphatic carbocycles. The number of benzene rings is 3. The molecule has 3 aromatic rings. The van der Waals surface area contributed by atoms with E-state index >= 15 is 0 Å². The van der Waals surface area contributed by atoms with Gasteiger partial charge >= 0.3 is 0 Å². The van der Waals surface area contributed by atoms with E-state index in [1.165, 1.54) is 0 Å². The molecule has 0 atom stereocenters. The van der Waals surface area contributed by atoms with Gasteiger partial charge in [-0.15, -0.1) is 0 Å². The molecule has 0 aromatic heterocycles. The first-order chi connectivity index (χ1) is 13.8. The Kier molecular flexibility index (Phi) is 6.64. The zero-order valence-electron chi connectivity index (χ0n) is 16.8. The van der Waals surface area contributed by atoms with E-state index in [4.69, 9.17) is 22.1 Å². The van der Waals surface area contributed by atoms with E-state index in [-0.39, 0.29) is 0 Å². The molecular weight excluding hydrogens is 495 g/mol. The van der Waals surface area contributed by atoms with Crippen molar-refractivity contribution in [2.75, 3.05) is 21.3 Å². The summed E-state index contributed by atoms with van der Waals surface area (Å²) >= 11 is 7.24. The van der Waals surface area contributed by atoms with Crippen LogP contribution >= 0.6 is 31.9 Å². The second kappa shape index (κ2) is 8.84. The van der Waals surface area contributed by atoms with E-state index in [1.54, 1.807) is 21.3 Å². The van der Waals surface area contributed by atoms with Crippen molar-refractivity contribution in [3.05, 3.63) is 80.2 Å². The molecule has 0 N–H and O–H groups in total. The number of halogens is 2. The molecule has 29 heavy (non-hydrogen) atoms. The number of hydrogen-bond donors (Lipinski definition) is 0. The molecule has 0 saturated carbocycles. The minimum atomic E-state index is -0.482. The normalized spacial score (nSPS) is 11.2. The summed E-state index contributed by atoms with van der Waals surface area (Å²) in [6.45, 7) is 2.18. The molecule has 0 unspecified atom stereocenters. The fraction of sp³-hybridized carbons (Fsp3) is 0.217. The summed E-state index contributed by atoms with van der Waals surface area (Å²) in [4.78, 5) is 0. The van der Waals surface area contributed by atoms with Gasteiger partial charge in [-0.25, -0.2) is 0 Å². The Morgan fingerprint density at radius 2 is 1.03 bits per heavy atom. The molecule has 0 bridgehead atoms. The third-order valence-electron chi connectivity index (χ3n) is 5.27. The predicted octanol–water partition coefficient (Wildman–Crippen LogP) is 5.39. The molecule has 2 radical (unpaired) electrons. The van der Waals surface area contributed by atoms with Crippen LogP contribution in [0.2, 0.25) is 0 Å². The van der Waals surface area contributed by atoms with Crippen molar-refractivity contribution in [2.24, 2.45) is 0 Å². The average Bonchev–Trinajstić information content (AvgIpc) is 2.72. The molecule has 0 aliphatic rings. The van der Waals surface area contributed by atoms with Gasteiger partial charge in [-0.3, -0.25) is 0 Å². The number of methoxy groups -OCH3 is 3. The van der Waals surface area contributed by atoms with Gasteiger partial charge in [0.15, 0.2) is 0 Å². The lowest BCUT2D eigenvalue weighted by Crippen LogP contribution is -2.27. The van der Waals surface area contributed by atoms with Crippen LogP contribution in [-0.2, 0) is 5.41 Å². The van der Waals surface area contributed by atoms with E-state index in [2.05, 4.69) is 63.0 Å². The second-order valence-corrected chi connectivity index (χ2v) is 8.49. The van der Waals surface area contributed by atoms with Crippen LogP contribution in [0.3, 0.4) is 0 Å². The van der Waals surface area contributed by atoms with Crippen molar-refractivity contribution in [3.63, 3.8) is 0 Å². The topological polar surface area (TPSA) is 27.7 Å². The van der Waals surface area contributed by atoms with Crippen molar-refractivity contribution in [1.82, 2.24) is 0 Å². The number of ether oxygens (including phenoxy) is 3. The maximum Gasteiger partial charge on any atom is 0.133 e. The molecular formula is C23H21BBr2O3. The smallest absolute Gasteiger partial charge is 0.133 e. The Balaban J connectivity index is 2.27. The Bertz CT molecular complexity index is 907. The molecule has 3 aromatic carbocycles. The van der Waals surface area contributed by atoms with E-state index in [1.807, 2.05) is 30.3 Å². The van der Waals surface area contributed by atoms with Gasteiger partial charge in [0.1, 0.15) is 25.1 Å². The zero-order chi connectivity index (χ0) is 21.2. The molecule has 148 valence electrons. The lowest BCUT2D eigenvalue weighted by atomic mass is 9.70. The zero-order valence-corrected chi connectivity index (χ0v) is 19.9. The van der Waals surface area contributed by atoms with Crippen LogP contribution in [0.4, 0.5) is 0 Å². The summed E-state index contributed by atoms with van der Waals surface area (Å²) in [7, 11) is 11.2. The van der Waals surface area contributed by atoms with Gasteiger partial charge in [0, 0.05) is 5.41 Å². The van der Waals surface area contributed by atoms with Gasteiger partial charge < -0.3 is 14.2 Å². The summed E-state index contributed by atoms with van der Waals surface area (Å²) in [5, 5.41) is 0. The van der Waals surface area contributed by atoms with E-state index in [9.17, 15) is 0 Å². The van der Waals surface area contributed by atoms with Crippen molar-refractivity contribution in [3.8, 4) is 17.2 Å². The largest absolute Gasteiger partial charge is 0.497 e. The Labute approximate surface area is 190 Å². The standard InChI is InChI=1S/C23H21BBr2O3/c1-23(14-5-8-20(27-2)17(24)11-14,15-6-9-21(28-3)18(25)12-15)16-7-10-22(29-4)19(26)13-16/h5-13H,1-4H3. The summed E-state index contributed by atoms with van der Waals surface area (Å²) in [5.41, 5.74) is 3.34. The first kappa shape index (κ1) is 21.8. The van der Waals surface area contributed by atoms with Gasteiger partial charge in [-0.05, 0) is 85.8 Å². The maximum absolute atomic E-state index is 6.25. The highest BCUT2D eigenvalue weighted by Crippen LogP contribution is 2.43. The van der Waals surface area contributed by atoms with Gasteiger partial charge in [0.2, 0.25) is 0 Å². The first-order valence-electron chi connectivity index (χ1n) is 8.97. The van der Waals surface area contributed by atoms with Crippen LogP contribution in [0.25, 0.3) is 0 Å². The summed E-state index contributed by atoms with van der Waals surface area (Å²) in [5.74, 6) is 2.21. The first-order valence-corrected chi connectivity index (χ1v) is 10.6. The van der Waals surface area contributed by atoms with Gasteiger partial charge in [0.05, 0.1) is 30.3 Å². The van der Waals surface area contributed by atoms with Gasteiger partial charge in [-0.1, -0.05) is 29.7 Å². The lowest BCUT2D eigenvalue weighted by molar-refractivity contribution is 0.411. The highest BCUT2D eigenvalue weighted by Gasteiger charge is 2.33. The molecule has 0 fully saturated rings. The minimum Gasteiger partial charge on any atom is -0.497 e. The van der Waals surface area contributed by atoms with Crippen LogP contribution in [0, 0.1) is 0 Å². The third kappa shape index (κ3) is 4.06. The third-order valence-corrected chi connectivity index (χ3v) is 6.50. The quantitative estimate of drug-likeness (QED) is 0.325. The molecule has 0 saturated heterocycles. The lowest BCUT2D eigenvalue weighted by Gasteiger charge is -2.33. The maximum atomic E-state index is 6.25. The molecule has 3 nitrogen and oxygen atoms in total. The fourth-order valence-corrected chi connectivity index (χ4v) is 4.58. The second-order valence-electron chi connectivity index (χ2n) is 6.78. The van der Waals surface area contributed by atoms with Crippen LogP contribution in [-0.4, -0.2) is 29.2 Å². The molecule has 0 amide bonds.